The molecule has 5 saturated carbocycles. The molecule has 5 aliphatic carbocycles. The lowest BCUT2D eigenvalue weighted by Crippen LogP contribution is -2.51. The number of nitrogens with zero attached hydrogens (tertiary/aromatic N) is 3. The maximum Gasteiger partial charge on any atom is 0.347 e. The van der Waals surface area contributed by atoms with Crippen molar-refractivity contribution in [1.82, 2.24) is 13.9 Å². The van der Waals surface area contributed by atoms with E-state index in [9.17, 15) is 9.59 Å². The van der Waals surface area contributed by atoms with Gasteiger partial charge in [0.15, 0.2) is 0 Å². The molecule has 21 heavy (non-hydrogen) atoms. The molecule has 2 unspecified atom stereocenters. The molecule has 8 rings (SSSR count). The van der Waals surface area contributed by atoms with Gasteiger partial charge in [0.2, 0.25) is 0 Å². The van der Waals surface area contributed by atoms with E-state index in [1.807, 2.05) is 9.36 Å². The van der Waals surface area contributed by atoms with Crippen molar-refractivity contribution in [3.8, 4) is 0 Å². The minimum Gasteiger partial charge on any atom is -0.246 e. The molecule has 8 atom stereocenters. The zero-order chi connectivity index (χ0) is 14.3. The Bertz CT molecular complexity index is 836. The van der Waals surface area contributed by atoms with Gasteiger partial charge in [-0.05, 0) is 41.9 Å². The predicted molar refractivity (Wildman–Crippen MR) is 73.8 cm³/mol. The van der Waals surface area contributed by atoms with Crippen LogP contribution in [0.25, 0.3) is 0 Å². The van der Waals surface area contributed by atoms with Gasteiger partial charge in [-0.25, -0.2) is 23.5 Å². The molecule has 5 fully saturated rings. The van der Waals surface area contributed by atoms with Gasteiger partial charge in [0.1, 0.15) is 0 Å². The Morgan fingerprint density at radius 1 is 0.905 bits per heavy atom. The van der Waals surface area contributed by atoms with Crippen molar-refractivity contribution in [2.24, 2.45) is 47.0 Å². The van der Waals surface area contributed by atoms with Crippen LogP contribution < -0.4 is 11.4 Å². The number of rotatable bonds is 0. The summed E-state index contributed by atoms with van der Waals surface area (Å²) in [5.41, 5.74) is 0.995. The molecule has 0 saturated heterocycles. The van der Waals surface area contributed by atoms with Crippen molar-refractivity contribution in [3.63, 3.8) is 0 Å². The van der Waals surface area contributed by atoms with Gasteiger partial charge in [0.05, 0.1) is 12.1 Å². The maximum atomic E-state index is 12.6. The third-order valence-corrected chi connectivity index (χ3v) is 8.52. The molecule has 110 valence electrons. The summed E-state index contributed by atoms with van der Waals surface area (Å²) in [4.78, 5) is 25.2. The largest absolute Gasteiger partial charge is 0.347 e. The van der Waals surface area contributed by atoms with Gasteiger partial charge in [-0.3, -0.25) is 0 Å². The third kappa shape index (κ3) is 0.624. The van der Waals surface area contributed by atoms with E-state index in [1.54, 1.807) is 7.05 Å². The zero-order valence-electron chi connectivity index (χ0n) is 12.5. The van der Waals surface area contributed by atoms with Crippen LogP contribution in [-0.4, -0.2) is 13.9 Å². The van der Waals surface area contributed by atoms with Crippen LogP contribution in [0.2, 0.25) is 0 Å². The van der Waals surface area contributed by atoms with Crippen molar-refractivity contribution < 1.29 is 0 Å². The van der Waals surface area contributed by atoms with Crippen molar-refractivity contribution >= 4 is 0 Å². The molecule has 5 heteroatoms. The van der Waals surface area contributed by atoms with Crippen LogP contribution in [0.3, 0.4) is 0 Å². The Labute approximate surface area is 121 Å². The van der Waals surface area contributed by atoms with Gasteiger partial charge in [0.25, 0.3) is 0 Å². The molecule has 0 N–H and O–H groups in total. The highest BCUT2D eigenvalue weighted by atomic mass is 16.2. The molecular weight excluding hydrogens is 266 g/mol. The van der Waals surface area contributed by atoms with Gasteiger partial charge >= 0.3 is 11.4 Å². The molecular formula is C16H19N3O2. The van der Waals surface area contributed by atoms with Crippen molar-refractivity contribution in [3.05, 3.63) is 21.0 Å². The quantitative estimate of drug-likeness (QED) is 0.706. The summed E-state index contributed by atoms with van der Waals surface area (Å²) in [6.07, 6.45) is 2.53. The normalized spacial score (nSPS) is 60.9. The molecule has 0 amide bonds. The van der Waals surface area contributed by atoms with E-state index >= 15 is 0 Å². The predicted octanol–water partition coefficient (Wildman–Crippen LogP) is 0.756. The second-order valence-electron chi connectivity index (χ2n) is 9.51. The smallest absolute Gasteiger partial charge is 0.246 e. The summed E-state index contributed by atoms with van der Waals surface area (Å²) >= 11 is 0. The fourth-order valence-corrected chi connectivity index (χ4v) is 8.90. The van der Waals surface area contributed by atoms with Crippen molar-refractivity contribution in [2.75, 3.05) is 0 Å². The van der Waals surface area contributed by atoms with E-state index in [4.69, 9.17) is 0 Å². The standard InChI is InChI=1S/C16H19N3O2/c1-14(2)4-15-9-6-7-8(6)11(16(9,15)5-14)19-13(21)17(3)12(20)18(19)10(7)15/h6-11H,4-5H2,1-3H3/t6?,7-,8+,9?,10-,11-,15+,16+/m0/s1. The highest BCUT2D eigenvalue weighted by molar-refractivity contribution is 5.51. The van der Waals surface area contributed by atoms with E-state index < -0.39 is 0 Å². The van der Waals surface area contributed by atoms with Crippen LogP contribution in [0.4, 0.5) is 0 Å². The van der Waals surface area contributed by atoms with Gasteiger partial charge < -0.3 is 0 Å². The van der Waals surface area contributed by atoms with E-state index in [-0.39, 0.29) is 11.4 Å². The molecule has 0 radical (unpaired) electrons. The van der Waals surface area contributed by atoms with Gasteiger partial charge in [-0.1, -0.05) is 13.8 Å². The number of aromatic nitrogens is 3. The van der Waals surface area contributed by atoms with Crippen molar-refractivity contribution in [2.45, 2.75) is 38.8 Å². The first-order valence-corrected chi connectivity index (χ1v) is 8.29. The highest BCUT2D eigenvalue weighted by Gasteiger charge is 3.04. The molecule has 3 heterocycles. The highest BCUT2D eigenvalue weighted by Crippen LogP contribution is 3.06. The Hall–Kier alpha value is -1.26. The summed E-state index contributed by atoms with van der Waals surface area (Å²) in [5, 5.41) is 0. The van der Waals surface area contributed by atoms with Gasteiger partial charge in [0, 0.05) is 17.9 Å². The summed E-state index contributed by atoms with van der Waals surface area (Å²) in [6.45, 7) is 4.77. The molecule has 5 nitrogen and oxygen atoms in total. The minimum absolute atomic E-state index is 0.0701. The first kappa shape index (κ1) is 10.5. The van der Waals surface area contributed by atoms with Crippen LogP contribution >= 0.6 is 0 Å². The van der Waals surface area contributed by atoms with E-state index in [0.717, 1.165) is 23.7 Å². The van der Waals surface area contributed by atoms with Crippen LogP contribution in [0.15, 0.2) is 9.59 Å². The number of hydrogen-bond donors (Lipinski definition) is 0. The van der Waals surface area contributed by atoms with Crippen LogP contribution in [0.1, 0.15) is 38.8 Å². The van der Waals surface area contributed by atoms with Gasteiger partial charge in [-0.2, -0.15) is 0 Å². The monoisotopic (exact) mass is 285 g/mol. The summed E-state index contributed by atoms with van der Waals surface area (Å²) in [5.74, 6) is 3.11. The van der Waals surface area contributed by atoms with Crippen LogP contribution in [-0.2, 0) is 7.05 Å². The Morgan fingerprint density at radius 3 is 1.86 bits per heavy atom. The van der Waals surface area contributed by atoms with Crippen LogP contribution in [0.5, 0.6) is 0 Å². The number of hydrogen-bond acceptors (Lipinski definition) is 2. The van der Waals surface area contributed by atoms with Crippen LogP contribution in [0, 0.1) is 39.9 Å². The van der Waals surface area contributed by atoms with E-state index in [2.05, 4.69) is 13.8 Å². The lowest BCUT2D eigenvalue weighted by atomic mass is 9.73. The SMILES string of the molecule is Cn1c(=O)n2n(c1=O)[C@H]1[C@H]3C4C5[C@]6(CC(C)(C)C[C@@]516)[C@@H]2[C@H]43. The van der Waals surface area contributed by atoms with Crippen molar-refractivity contribution in [1.29, 1.82) is 0 Å². The topological polar surface area (TPSA) is 48.9 Å². The Balaban J connectivity index is 1.64. The Kier molecular flexibility index (Phi) is 1.10. The Morgan fingerprint density at radius 2 is 1.38 bits per heavy atom. The maximum absolute atomic E-state index is 12.6. The molecule has 1 aromatic heterocycles. The second-order valence-corrected chi connectivity index (χ2v) is 9.51. The zero-order valence-corrected chi connectivity index (χ0v) is 12.5. The minimum atomic E-state index is -0.0701. The van der Waals surface area contributed by atoms with E-state index in [0.29, 0.717) is 28.3 Å². The van der Waals surface area contributed by atoms with Gasteiger partial charge in [-0.15, -0.1) is 0 Å². The third-order valence-electron chi connectivity index (χ3n) is 8.52. The fourth-order valence-electron chi connectivity index (χ4n) is 8.90. The first-order chi connectivity index (χ1) is 9.88. The molecule has 2 spiro atoms. The average molecular weight is 285 g/mol. The molecule has 7 aliphatic rings. The summed E-state index contributed by atoms with van der Waals surface area (Å²) < 4.78 is 5.14. The average Bonchev–Trinajstić information content (AvgIpc) is 3.05. The van der Waals surface area contributed by atoms with E-state index in [1.165, 1.54) is 17.4 Å². The molecule has 2 bridgehead atoms. The molecule has 1 aromatic rings. The second kappa shape index (κ2) is 2.20. The molecule has 2 aliphatic heterocycles. The first-order valence-electron chi connectivity index (χ1n) is 8.29. The summed E-state index contributed by atoms with van der Waals surface area (Å²) in [7, 11) is 1.64. The molecule has 0 aromatic carbocycles. The lowest BCUT2D eigenvalue weighted by Gasteiger charge is -2.45. The summed E-state index contributed by atoms with van der Waals surface area (Å²) in [6, 6.07) is 0.677. The fraction of sp³-hybridized carbons (Fsp3) is 0.875. The lowest BCUT2D eigenvalue weighted by molar-refractivity contribution is 0.0178.